The molecule has 0 amide bonds. The molecule has 0 aromatic heterocycles. The van der Waals surface area contributed by atoms with Gasteiger partial charge in [-0.25, -0.2) is 13.1 Å². The number of hydrogen-bond donors (Lipinski definition) is 2. The van der Waals surface area contributed by atoms with Gasteiger partial charge in [-0.15, -0.1) is 0 Å². The first-order valence-corrected chi connectivity index (χ1v) is 6.08. The molecule has 13 heavy (non-hydrogen) atoms. The summed E-state index contributed by atoms with van der Waals surface area (Å²) in [6.07, 6.45) is 0.641. The van der Waals surface area contributed by atoms with E-state index in [0.29, 0.717) is 6.42 Å². The molecule has 0 aliphatic rings. The smallest absolute Gasteiger partial charge is 0.212 e. The van der Waals surface area contributed by atoms with E-state index in [1.165, 1.54) is 0 Å². The van der Waals surface area contributed by atoms with Gasteiger partial charge in [0.05, 0.1) is 5.75 Å². The quantitative estimate of drug-likeness (QED) is 0.639. The second kappa shape index (κ2) is 4.93. The lowest BCUT2D eigenvalue weighted by Gasteiger charge is -2.20. The van der Waals surface area contributed by atoms with Crippen molar-refractivity contribution in [3.63, 3.8) is 0 Å². The third-order valence-electron chi connectivity index (χ3n) is 1.30. The van der Waals surface area contributed by atoms with Gasteiger partial charge in [-0.3, -0.25) is 0 Å². The lowest BCUT2D eigenvalue weighted by Crippen LogP contribution is -2.42. The highest BCUT2D eigenvalue weighted by atomic mass is 32.2. The molecule has 2 N–H and O–H groups in total. The fourth-order valence-electron chi connectivity index (χ4n) is 0.957. The number of sulfonamides is 1. The van der Waals surface area contributed by atoms with Crippen molar-refractivity contribution in [3.8, 4) is 0 Å². The fourth-order valence-corrected chi connectivity index (χ4v) is 2.52. The maximum Gasteiger partial charge on any atom is 0.212 e. The Morgan fingerprint density at radius 3 is 2.15 bits per heavy atom. The SMILES string of the molecule is CNCCCS(=O)(=O)NC(C)(C)C. The zero-order valence-electron chi connectivity index (χ0n) is 8.85. The van der Waals surface area contributed by atoms with E-state index in [4.69, 9.17) is 0 Å². The average Bonchev–Trinajstić information content (AvgIpc) is 1.81. The van der Waals surface area contributed by atoms with Gasteiger partial charge in [0, 0.05) is 5.54 Å². The summed E-state index contributed by atoms with van der Waals surface area (Å²) in [6, 6.07) is 0. The van der Waals surface area contributed by atoms with Crippen molar-refractivity contribution in [1.82, 2.24) is 10.0 Å². The van der Waals surface area contributed by atoms with E-state index < -0.39 is 10.0 Å². The van der Waals surface area contributed by atoms with Gasteiger partial charge in [-0.1, -0.05) is 0 Å². The minimum absolute atomic E-state index is 0.186. The monoisotopic (exact) mass is 208 g/mol. The molecule has 0 spiro atoms. The lowest BCUT2D eigenvalue weighted by atomic mass is 10.1. The van der Waals surface area contributed by atoms with E-state index in [1.54, 1.807) is 0 Å². The Morgan fingerprint density at radius 1 is 1.23 bits per heavy atom. The van der Waals surface area contributed by atoms with Crippen LogP contribution in [0.1, 0.15) is 27.2 Å². The first-order valence-electron chi connectivity index (χ1n) is 4.43. The van der Waals surface area contributed by atoms with Gasteiger partial charge >= 0.3 is 0 Å². The molecule has 5 heteroatoms. The predicted molar refractivity (Wildman–Crippen MR) is 55.2 cm³/mol. The van der Waals surface area contributed by atoms with E-state index in [2.05, 4.69) is 10.0 Å². The minimum atomic E-state index is -3.10. The van der Waals surface area contributed by atoms with Gasteiger partial charge in [-0.2, -0.15) is 0 Å². The summed E-state index contributed by atoms with van der Waals surface area (Å²) in [6.45, 7) is 6.24. The molecule has 0 rings (SSSR count). The van der Waals surface area contributed by atoms with Crippen LogP contribution >= 0.6 is 0 Å². The molecule has 0 fully saturated rings. The Bertz CT molecular complexity index is 229. The summed E-state index contributed by atoms with van der Waals surface area (Å²) in [5.41, 5.74) is -0.377. The van der Waals surface area contributed by atoms with Crippen LogP contribution in [0.5, 0.6) is 0 Å². The maximum atomic E-state index is 11.4. The second-order valence-corrected chi connectivity index (χ2v) is 5.97. The average molecular weight is 208 g/mol. The molecule has 0 aliphatic carbocycles. The van der Waals surface area contributed by atoms with E-state index in [0.717, 1.165) is 6.54 Å². The molecule has 0 unspecified atom stereocenters. The molecular formula is C8H20N2O2S. The molecule has 0 heterocycles. The first-order chi connectivity index (χ1) is 5.77. The molecule has 80 valence electrons. The normalized spacial score (nSPS) is 13.2. The van der Waals surface area contributed by atoms with Crippen LogP contribution in [0.4, 0.5) is 0 Å². The molecule has 0 aromatic carbocycles. The summed E-state index contributed by atoms with van der Waals surface area (Å²) in [5.74, 6) is 0.186. The highest BCUT2D eigenvalue weighted by molar-refractivity contribution is 7.89. The van der Waals surface area contributed by atoms with E-state index in [-0.39, 0.29) is 11.3 Å². The van der Waals surface area contributed by atoms with Crippen LogP contribution in [-0.4, -0.2) is 33.3 Å². The highest BCUT2D eigenvalue weighted by Gasteiger charge is 2.18. The molecule has 0 atom stereocenters. The molecule has 0 aliphatic heterocycles. The number of rotatable bonds is 5. The van der Waals surface area contributed by atoms with Crippen molar-refractivity contribution in [2.24, 2.45) is 0 Å². The molecule has 0 saturated carbocycles. The van der Waals surface area contributed by atoms with Crippen molar-refractivity contribution in [3.05, 3.63) is 0 Å². The summed E-state index contributed by atoms with van der Waals surface area (Å²) in [4.78, 5) is 0. The Morgan fingerprint density at radius 2 is 1.77 bits per heavy atom. The van der Waals surface area contributed by atoms with Crippen LogP contribution in [0.2, 0.25) is 0 Å². The molecular weight excluding hydrogens is 188 g/mol. The second-order valence-electron chi connectivity index (χ2n) is 4.13. The number of hydrogen-bond acceptors (Lipinski definition) is 3. The van der Waals surface area contributed by atoms with Crippen molar-refractivity contribution in [2.75, 3.05) is 19.3 Å². The van der Waals surface area contributed by atoms with Crippen LogP contribution in [-0.2, 0) is 10.0 Å². The van der Waals surface area contributed by atoms with Crippen LogP contribution in [0.3, 0.4) is 0 Å². The van der Waals surface area contributed by atoms with E-state index in [9.17, 15) is 8.42 Å². The standard InChI is InChI=1S/C8H20N2O2S/c1-8(2,3)10-13(11,12)7-5-6-9-4/h9-10H,5-7H2,1-4H3. The van der Waals surface area contributed by atoms with Crippen LogP contribution < -0.4 is 10.0 Å². The summed E-state index contributed by atoms with van der Waals surface area (Å²) in [7, 11) is -1.29. The Kier molecular flexibility index (Phi) is 4.88. The van der Waals surface area contributed by atoms with Gasteiger partial charge in [-0.05, 0) is 40.8 Å². The molecule has 0 bridgehead atoms. The Hall–Kier alpha value is -0.130. The van der Waals surface area contributed by atoms with Crippen molar-refractivity contribution in [2.45, 2.75) is 32.7 Å². The maximum absolute atomic E-state index is 11.4. The minimum Gasteiger partial charge on any atom is -0.320 e. The van der Waals surface area contributed by atoms with Gasteiger partial charge in [0.2, 0.25) is 10.0 Å². The predicted octanol–water partition coefficient (Wildman–Crippen LogP) is 0.314. The fraction of sp³-hybridized carbons (Fsp3) is 1.00. The van der Waals surface area contributed by atoms with Gasteiger partial charge < -0.3 is 5.32 Å². The van der Waals surface area contributed by atoms with Crippen LogP contribution in [0.15, 0.2) is 0 Å². The Balaban J connectivity index is 3.96. The van der Waals surface area contributed by atoms with Crippen molar-refractivity contribution < 1.29 is 8.42 Å². The summed E-state index contributed by atoms with van der Waals surface area (Å²) < 4.78 is 25.4. The van der Waals surface area contributed by atoms with Gasteiger partial charge in [0.25, 0.3) is 0 Å². The lowest BCUT2D eigenvalue weighted by molar-refractivity contribution is 0.490. The third-order valence-corrected chi connectivity index (χ3v) is 3.05. The van der Waals surface area contributed by atoms with Crippen LogP contribution in [0, 0.1) is 0 Å². The molecule has 0 radical (unpaired) electrons. The topological polar surface area (TPSA) is 58.2 Å². The molecule has 0 saturated heterocycles. The first kappa shape index (κ1) is 12.9. The molecule has 4 nitrogen and oxygen atoms in total. The van der Waals surface area contributed by atoms with Crippen molar-refractivity contribution in [1.29, 1.82) is 0 Å². The summed E-state index contributed by atoms with van der Waals surface area (Å²) >= 11 is 0. The largest absolute Gasteiger partial charge is 0.320 e. The van der Waals surface area contributed by atoms with E-state index in [1.807, 2.05) is 27.8 Å². The zero-order chi connectivity index (χ0) is 10.5. The van der Waals surface area contributed by atoms with E-state index >= 15 is 0 Å². The van der Waals surface area contributed by atoms with Gasteiger partial charge in [0.15, 0.2) is 0 Å². The molecule has 0 aromatic rings. The van der Waals surface area contributed by atoms with Crippen LogP contribution in [0.25, 0.3) is 0 Å². The Labute approximate surface area is 81.2 Å². The summed E-state index contributed by atoms with van der Waals surface area (Å²) in [5, 5.41) is 2.91. The number of nitrogens with one attached hydrogen (secondary N) is 2. The highest BCUT2D eigenvalue weighted by Crippen LogP contribution is 2.02. The zero-order valence-corrected chi connectivity index (χ0v) is 9.66. The third kappa shape index (κ3) is 8.21. The van der Waals surface area contributed by atoms with Crippen molar-refractivity contribution >= 4 is 10.0 Å². The van der Waals surface area contributed by atoms with Gasteiger partial charge in [0.1, 0.15) is 0 Å².